The van der Waals surface area contributed by atoms with Crippen molar-refractivity contribution in [2.75, 3.05) is 13.7 Å². The van der Waals surface area contributed by atoms with E-state index in [1.165, 1.54) is 7.11 Å². The smallest absolute Gasteiger partial charge is 0.408 e. The molecule has 2 aromatic rings. The molecule has 2 unspecified atom stereocenters. The standard InChI is InChI=1S/C23H30NO7P/c1-3-4-15-21(24-23(26)29-16-19-11-7-5-8-12-19)32(27,31-18-22(25)28-2)30-17-20-13-9-6-10-14-20/h5-14,21H,3-4,15-18H2,1-2H3,(H,24,26). The third-order valence-electron chi connectivity index (χ3n) is 4.55. The van der Waals surface area contributed by atoms with Crippen LogP contribution in [0, 0.1) is 0 Å². The van der Waals surface area contributed by atoms with Crippen LogP contribution in [0.5, 0.6) is 0 Å². The minimum absolute atomic E-state index is 0.0113. The normalized spacial score (nSPS) is 13.6. The van der Waals surface area contributed by atoms with E-state index in [4.69, 9.17) is 13.8 Å². The number of esters is 1. The van der Waals surface area contributed by atoms with Gasteiger partial charge in [0, 0.05) is 0 Å². The summed E-state index contributed by atoms with van der Waals surface area (Å²) in [4.78, 5) is 24.1. The molecule has 32 heavy (non-hydrogen) atoms. The average molecular weight is 463 g/mol. The minimum Gasteiger partial charge on any atom is -0.467 e. The van der Waals surface area contributed by atoms with Crippen molar-refractivity contribution in [1.29, 1.82) is 0 Å². The van der Waals surface area contributed by atoms with Gasteiger partial charge in [-0.3, -0.25) is 9.09 Å². The summed E-state index contributed by atoms with van der Waals surface area (Å²) < 4.78 is 34.7. The van der Waals surface area contributed by atoms with E-state index in [9.17, 15) is 14.2 Å². The van der Waals surface area contributed by atoms with E-state index in [0.29, 0.717) is 12.8 Å². The van der Waals surface area contributed by atoms with E-state index in [0.717, 1.165) is 17.5 Å². The summed E-state index contributed by atoms with van der Waals surface area (Å²) in [5, 5.41) is 2.61. The topological polar surface area (TPSA) is 100 Å². The zero-order valence-corrected chi connectivity index (χ0v) is 19.3. The van der Waals surface area contributed by atoms with Gasteiger partial charge in [-0.25, -0.2) is 9.59 Å². The number of carbonyl (C=O) groups is 2. The summed E-state index contributed by atoms with van der Waals surface area (Å²) in [6.07, 6.45) is 1.03. The molecule has 0 radical (unpaired) electrons. The first-order valence-corrected chi connectivity index (χ1v) is 12.0. The second-order valence-corrected chi connectivity index (χ2v) is 9.23. The van der Waals surface area contributed by atoms with Gasteiger partial charge < -0.3 is 19.3 Å². The molecule has 0 aromatic heterocycles. The highest BCUT2D eigenvalue weighted by Gasteiger charge is 2.38. The number of nitrogens with one attached hydrogen (secondary N) is 1. The molecule has 9 heteroatoms. The lowest BCUT2D eigenvalue weighted by Crippen LogP contribution is -2.36. The second kappa shape index (κ2) is 13.7. The molecule has 2 aromatic carbocycles. The van der Waals surface area contributed by atoms with Crippen LogP contribution >= 0.6 is 7.60 Å². The minimum atomic E-state index is -3.95. The van der Waals surface area contributed by atoms with Crippen molar-refractivity contribution in [1.82, 2.24) is 5.32 Å². The first-order valence-electron chi connectivity index (χ1n) is 10.4. The van der Waals surface area contributed by atoms with Gasteiger partial charge in [0.2, 0.25) is 0 Å². The number of rotatable bonds is 13. The van der Waals surface area contributed by atoms with E-state index >= 15 is 0 Å². The number of hydrogen-bond acceptors (Lipinski definition) is 7. The van der Waals surface area contributed by atoms with Crippen LogP contribution in [0.3, 0.4) is 0 Å². The maximum Gasteiger partial charge on any atom is 0.408 e. The van der Waals surface area contributed by atoms with Crippen LogP contribution in [0.25, 0.3) is 0 Å². The van der Waals surface area contributed by atoms with Crippen molar-refractivity contribution in [3.8, 4) is 0 Å². The van der Waals surface area contributed by atoms with E-state index in [1.54, 1.807) is 0 Å². The van der Waals surface area contributed by atoms with Crippen LogP contribution in [0.1, 0.15) is 37.3 Å². The van der Waals surface area contributed by atoms with Crippen LogP contribution in [0.2, 0.25) is 0 Å². The molecule has 0 heterocycles. The fourth-order valence-electron chi connectivity index (χ4n) is 2.77. The Bertz CT molecular complexity index is 876. The Morgan fingerprint density at radius 1 is 0.938 bits per heavy atom. The summed E-state index contributed by atoms with van der Waals surface area (Å²) in [5.74, 6) is -1.69. The molecule has 0 spiro atoms. The Kier molecular flexibility index (Phi) is 10.9. The van der Waals surface area contributed by atoms with Crippen LogP contribution < -0.4 is 5.32 Å². The average Bonchev–Trinajstić information content (AvgIpc) is 2.83. The molecule has 1 N–H and O–H groups in total. The monoisotopic (exact) mass is 463 g/mol. The number of methoxy groups -OCH3 is 1. The molecule has 0 aliphatic heterocycles. The molecule has 0 bridgehead atoms. The van der Waals surface area contributed by atoms with Gasteiger partial charge in [-0.2, -0.15) is 0 Å². The molecule has 2 rings (SSSR count). The van der Waals surface area contributed by atoms with E-state index in [2.05, 4.69) is 10.1 Å². The highest BCUT2D eigenvalue weighted by molar-refractivity contribution is 7.54. The lowest BCUT2D eigenvalue weighted by molar-refractivity contribution is -0.143. The van der Waals surface area contributed by atoms with Gasteiger partial charge in [-0.05, 0) is 17.5 Å². The van der Waals surface area contributed by atoms with Crippen LogP contribution in [-0.4, -0.2) is 31.6 Å². The van der Waals surface area contributed by atoms with Crippen molar-refractivity contribution >= 4 is 19.7 Å². The zero-order valence-electron chi connectivity index (χ0n) is 18.4. The third kappa shape index (κ3) is 8.83. The predicted molar refractivity (Wildman–Crippen MR) is 120 cm³/mol. The Balaban J connectivity index is 2.12. The summed E-state index contributed by atoms with van der Waals surface area (Å²) in [5.41, 5.74) is 1.59. The highest BCUT2D eigenvalue weighted by atomic mass is 31.2. The number of carbonyl (C=O) groups excluding carboxylic acids is 2. The molecular weight excluding hydrogens is 433 g/mol. The van der Waals surface area contributed by atoms with Gasteiger partial charge in [0.1, 0.15) is 12.4 Å². The molecule has 174 valence electrons. The summed E-state index contributed by atoms with van der Waals surface area (Å²) >= 11 is 0. The van der Waals surface area contributed by atoms with Crippen molar-refractivity contribution in [3.05, 3.63) is 71.8 Å². The Morgan fingerprint density at radius 3 is 2.09 bits per heavy atom. The van der Waals surface area contributed by atoms with E-state index < -0.39 is 32.0 Å². The van der Waals surface area contributed by atoms with Gasteiger partial charge >= 0.3 is 19.7 Å². The largest absolute Gasteiger partial charge is 0.467 e. The van der Waals surface area contributed by atoms with Gasteiger partial charge in [0.05, 0.1) is 13.7 Å². The predicted octanol–water partition coefficient (Wildman–Crippen LogP) is 5.03. The lowest BCUT2D eigenvalue weighted by atomic mass is 10.2. The van der Waals surface area contributed by atoms with Gasteiger partial charge in [-0.15, -0.1) is 0 Å². The number of alkyl carbamates (subject to hydrolysis) is 1. The molecule has 8 nitrogen and oxygen atoms in total. The van der Waals surface area contributed by atoms with Crippen LogP contribution in [0.15, 0.2) is 60.7 Å². The summed E-state index contributed by atoms with van der Waals surface area (Å²) in [6, 6.07) is 18.3. The number of unbranched alkanes of at least 4 members (excludes halogenated alkanes) is 1. The number of benzene rings is 2. The first-order chi connectivity index (χ1) is 15.5. The molecule has 0 aliphatic carbocycles. The summed E-state index contributed by atoms with van der Waals surface area (Å²) in [6.45, 7) is 1.45. The van der Waals surface area contributed by atoms with Crippen molar-refractivity contribution in [2.45, 2.75) is 45.2 Å². The lowest BCUT2D eigenvalue weighted by Gasteiger charge is -2.27. The fraction of sp³-hybridized carbons (Fsp3) is 0.391. The fourth-order valence-corrected chi connectivity index (χ4v) is 4.58. The van der Waals surface area contributed by atoms with Crippen molar-refractivity contribution < 1.29 is 32.7 Å². The van der Waals surface area contributed by atoms with Crippen LogP contribution in [0.4, 0.5) is 4.79 Å². The number of hydrogen-bond donors (Lipinski definition) is 1. The maximum atomic E-state index is 13.7. The molecular formula is C23H30NO7P. The quantitative estimate of drug-likeness (QED) is 0.328. The second-order valence-electron chi connectivity index (χ2n) is 7.01. The van der Waals surface area contributed by atoms with Gasteiger partial charge in [0.25, 0.3) is 0 Å². The third-order valence-corrected chi connectivity index (χ3v) is 6.68. The molecule has 0 saturated heterocycles. The highest BCUT2D eigenvalue weighted by Crippen LogP contribution is 2.54. The Morgan fingerprint density at radius 2 is 1.53 bits per heavy atom. The Hall–Kier alpha value is -2.67. The number of amides is 1. The van der Waals surface area contributed by atoms with Crippen molar-refractivity contribution in [2.24, 2.45) is 0 Å². The molecule has 1 amide bonds. The molecule has 0 saturated carbocycles. The van der Waals surface area contributed by atoms with E-state index in [-0.39, 0.29) is 13.2 Å². The first kappa shape index (κ1) is 25.6. The Labute approximate surface area is 188 Å². The molecule has 0 aliphatic rings. The van der Waals surface area contributed by atoms with Crippen LogP contribution in [-0.2, 0) is 41.1 Å². The maximum absolute atomic E-state index is 13.7. The zero-order chi connectivity index (χ0) is 23.2. The SMILES string of the molecule is CCCCC(NC(=O)OCc1ccccc1)P(=O)(OCC(=O)OC)OCc1ccccc1. The molecule has 2 atom stereocenters. The van der Waals surface area contributed by atoms with Gasteiger partial charge in [-0.1, -0.05) is 80.4 Å². The number of ether oxygens (including phenoxy) is 2. The summed E-state index contributed by atoms with van der Waals surface area (Å²) in [7, 11) is -2.75. The van der Waals surface area contributed by atoms with Gasteiger partial charge in [0.15, 0.2) is 6.61 Å². The molecule has 0 fully saturated rings. The van der Waals surface area contributed by atoms with Crippen molar-refractivity contribution in [3.63, 3.8) is 0 Å². The van der Waals surface area contributed by atoms with E-state index in [1.807, 2.05) is 67.6 Å².